The zero-order chi connectivity index (χ0) is 13.3. The Morgan fingerprint density at radius 3 is 2.56 bits per heavy atom. The molecule has 0 amide bonds. The Bertz CT molecular complexity index is 666. The number of benzene rings is 1. The molecule has 0 radical (unpaired) electrons. The fourth-order valence-electron chi connectivity index (χ4n) is 1.66. The molecule has 0 N–H and O–H groups in total. The van der Waals surface area contributed by atoms with Gasteiger partial charge in [0.1, 0.15) is 6.33 Å². The second-order valence-electron chi connectivity index (χ2n) is 3.93. The van der Waals surface area contributed by atoms with Gasteiger partial charge in [-0.15, -0.1) is 10.2 Å². The predicted molar refractivity (Wildman–Crippen MR) is 68.1 cm³/mol. The van der Waals surface area contributed by atoms with Crippen LogP contribution in [0.5, 0.6) is 0 Å². The van der Waals surface area contributed by atoms with Gasteiger partial charge in [-0.2, -0.15) is 0 Å². The van der Waals surface area contributed by atoms with Crippen molar-refractivity contribution >= 4 is 21.4 Å². The van der Waals surface area contributed by atoms with Crippen LogP contribution in [0.15, 0.2) is 35.7 Å². The van der Waals surface area contributed by atoms with Crippen LogP contribution in [0.4, 0.5) is 0 Å². The predicted octanol–water partition coefficient (Wildman–Crippen LogP) is 2.00. The molecule has 2 aromatic rings. The molecule has 0 spiro atoms. The van der Waals surface area contributed by atoms with Gasteiger partial charge in [0, 0.05) is 12.1 Å². The van der Waals surface area contributed by atoms with Gasteiger partial charge >= 0.3 is 0 Å². The van der Waals surface area contributed by atoms with Gasteiger partial charge in [0.25, 0.3) is 0 Å². The van der Waals surface area contributed by atoms with Crippen LogP contribution in [0.25, 0.3) is 0 Å². The average molecular weight is 286 g/mol. The van der Waals surface area contributed by atoms with E-state index in [2.05, 4.69) is 10.2 Å². The first-order valence-electron chi connectivity index (χ1n) is 5.27. The van der Waals surface area contributed by atoms with E-state index in [9.17, 15) is 8.42 Å². The van der Waals surface area contributed by atoms with E-state index >= 15 is 0 Å². The summed E-state index contributed by atoms with van der Waals surface area (Å²) < 4.78 is 26.1. The standard InChI is InChI=1S/C11H12ClN3O2S/c1-8(9-5-3-4-6-10(9)12)18(16,17)11-14-13-7-15(11)2/h3-8H,1-2H3/t8-/m0/s1. The molecule has 0 aliphatic rings. The van der Waals surface area contributed by atoms with Crippen molar-refractivity contribution in [3.8, 4) is 0 Å². The van der Waals surface area contributed by atoms with E-state index < -0.39 is 15.1 Å². The largest absolute Gasteiger partial charge is 0.308 e. The van der Waals surface area contributed by atoms with Crippen molar-refractivity contribution in [3.63, 3.8) is 0 Å². The highest BCUT2D eigenvalue weighted by atomic mass is 35.5. The van der Waals surface area contributed by atoms with Crippen LogP contribution in [-0.4, -0.2) is 23.2 Å². The maximum Gasteiger partial charge on any atom is 0.249 e. The summed E-state index contributed by atoms with van der Waals surface area (Å²) in [7, 11) is -2.01. The van der Waals surface area contributed by atoms with Gasteiger partial charge in [0.15, 0.2) is 0 Å². The number of rotatable bonds is 3. The first-order chi connectivity index (χ1) is 8.44. The van der Waals surface area contributed by atoms with Crippen molar-refractivity contribution in [1.29, 1.82) is 0 Å². The lowest BCUT2D eigenvalue weighted by Gasteiger charge is -2.13. The molecule has 1 aromatic heterocycles. The SMILES string of the molecule is C[C@@H](c1ccccc1Cl)S(=O)(=O)c1nncn1C. The van der Waals surface area contributed by atoms with Gasteiger partial charge in [-0.3, -0.25) is 0 Å². The minimum absolute atomic E-state index is 0.0603. The third kappa shape index (κ3) is 2.13. The Hall–Kier alpha value is -1.40. The van der Waals surface area contributed by atoms with E-state index in [1.165, 1.54) is 10.9 Å². The summed E-state index contributed by atoms with van der Waals surface area (Å²) in [5.41, 5.74) is 0.558. The maximum atomic E-state index is 12.4. The fourth-order valence-corrected chi connectivity index (χ4v) is 3.49. The van der Waals surface area contributed by atoms with E-state index in [0.717, 1.165) is 0 Å². The van der Waals surface area contributed by atoms with Crippen molar-refractivity contribution < 1.29 is 8.42 Å². The molecule has 0 saturated heterocycles. The van der Waals surface area contributed by atoms with Gasteiger partial charge in [-0.1, -0.05) is 29.8 Å². The van der Waals surface area contributed by atoms with Gasteiger partial charge in [-0.25, -0.2) is 8.42 Å². The number of halogens is 1. The van der Waals surface area contributed by atoms with E-state index in [-0.39, 0.29) is 5.16 Å². The molecule has 18 heavy (non-hydrogen) atoms. The molecule has 0 bridgehead atoms. The van der Waals surface area contributed by atoms with E-state index in [1.807, 2.05) is 0 Å². The number of sulfone groups is 1. The van der Waals surface area contributed by atoms with Crippen LogP contribution in [-0.2, 0) is 16.9 Å². The molecule has 5 nitrogen and oxygen atoms in total. The summed E-state index contributed by atoms with van der Waals surface area (Å²) in [5.74, 6) is 0. The molecular formula is C11H12ClN3O2S. The third-order valence-electron chi connectivity index (χ3n) is 2.73. The normalized spacial score (nSPS) is 13.5. The third-order valence-corrected chi connectivity index (χ3v) is 5.14. The summed E-state index contributed by atoms with van der Waals surface area (Å²) in [6, 6.07) is 6.87. The van der Waals surface area contributed by atoms with Gasteiger partial charge in [-0.05, 0) is 18.6 Å². The molecule has 0 saturated carbocycles. The Labute approximate surface area is 110 Å². The summed E-state index contributed by atoms with van der Waals surface area (Å²) in [4.78, 5) is 0. The zero-order valence-corrected chi connectivity index (χ0v) is 11.5. The summed E-state index contributed by atoms with van der Waals surface area (Å²) in [5, 5.41) is 6.83. The second kappa shape index (κ2) is 4.70. The zero-order valence-electron chi connectivity index (χ0n) is 9.91. The molecule has 1 aromatic carbocycles. The molecule has 96 valence electrons. The van der Waals surface area contributed by atoms with Gasteiger partial charge < -0.3 is 4.57 Å². The highest BCUT2D eigenvalue weighted by molar-refractivity contribution is 7.91. The Morgan fingerprint density at radius 2 is 2.00 bits per heavy atom. The van der Waals surface area contributed by atoms with E-state index in [4.69, 9.17) is 11.6 Å². The molecule has 0 unspecified atom stereocenters. The topological polar surface area (TPSA) is 64.8 Å². The number of hydrogen-bond acceptors (Lipinski definition) is 4. The number of aryl methyl sites for hydroxylation is 1. The molecule has 0 fully saturated rings. The Kier molecular flexibility index (Phi) is 3.41. The van der Waals surface area contributed by atoms with Crippen molar-refractivity contribution in [1.82, 2.24) is 14.8 Å². The molecule has 0 aliphatic heterocycles. The lowest BCUT2D eigenvalue weighted by molar-refractivity contribution is 0.568. The maximum absolute atomic E-state index is 12.4. The van der Waals surface area contributed by atoms with Crippen LogP contribution >= 0.6 is 11.6 Å². The molecule has 7 heteroatoms. The van der Waals surface area contributed by atoms with Crippen LogP contribution in [0.3, 0.4) is 0 Å². The molecule has 2 rings (SSSR count). The van der Waals surface area contributed by atoms with Crippen LogP contribution in [0.1, 0.15) is 17.7 Å². The van der Waals surface area contributed by atoms with Crippen molar-refractivity contribution in [3.05, 3.63) is 41.2 Å². The Balaban J connectivity index is 2.50. The Morgan fingerprint density at radius 1 is 1.33 bits per heavy atom. The van der Waals surface area contributed by atoms with Crippen LogP contribution in [0, 0.1) is 0 Å². The minimum atomic E-state index is -3.60. The van der Waals surface area contributed by atoms with Crippen LogP contribution < -0.4 is 0 Å². The van der Waals surface area contributed by atoms with Crippen LogP contribution in [0.2, 0.25) is 5.02 Å². The first-order valence-corrected chi connectivity index (χ1v) is 7.19. The average Bonchev–Trinajstić information content (AvgIpc) is 2.76. The number of aromatic nitrogens is 3. The van der Waals surface area contributed by atoms with E-state index in [1.54, 1.807) is 38.2 Å². The fraction of sp³-hybridized carbons (Fsp3) is 0.273. The van der Waals surface area contributed by atoms with Crippen molar-refractivity contribution in [2.45, 2.75) is 17.3 Å². The summed E-state index contributed by atoms with van der Waals surface area (Å²) in [6.45, 7) is 1.59. The second-order valence-corrected chi connectivity index (χ2v) is 6.50. The summed E-state index contributed by atoms with van der Waals surface area (Å²) in [6.07, 6.45) is 1.35. The number of hydrogen-bond donors (Lipinski definition) is 0. The number of nitrogens with zero attached hydrogens (tertiary/aromatic N) is 3. The van der Waals surface area contributed by atoms with Gasteiger partial charge in [0.2, 0.25) is 15.0 Å². The monoisotopic (exact) mass is 285 g/mol. The van der Waals surface area contributed by atoms with Gasteiger partial charge in [0.05, 0.1) is 5.25 Å². The lowest BCUT2D eigenvalue weighted by atomic mass is 10.2. The highest BCUT2D eigenvalue weighted by Crippen LogP contribution is 2.31. The molecule has 1 atom stereocenters. The first kappa shape index (κ1) is 13.0. The minimum Gasteiger partial charge on any atom is -0.308 e. The quantitative estimate of drug-likeness (QED) is 0.865. The molecular weight excluding hydrogens is 274 g/mol. The molecule has 0 aliphatic carbocycles. The lowest BCUT2D eigenvalue weighted by Crippen LogP contribution is -2.15. The van der Waals surface area contributed by atoms with Crippen molar-refractivity contribution in [2.75, 3.05) is 0 Å². The summed E-state index contributed by atoms with van der Waals surface area (Å²) >= 11 is 6.02. The smallest absolute Gasteiger partial charge is 0.249 e. The molecule has 1 heterocycles. The van der Waals surface area contributed by atoms with Crippen molar-refractivity contribution in [2.24, 2.45) is 7.05 Å². The van der Waals surface area contributed by atoms with E-state index in [0.29, 0.717) is 10.6 Å². The highest BCUT2D eigenvalue weighted by Gasteiger charge is 2.30.